The molecule has 0 aliphatic rings. The molecular weight excluding hydrogens is 200 g/mol. The summed E-state index contributed by atoms with van der Waals surface area (Å²) in [5.41, 5.74) is 1.38. The van der Waals surface area contributed by atoms with Crippen molar-refractivity contribution in [1.29, 1.82) is 0 Å². The van der Waals surface area contributed by atoms with E-state index in [-0.39, 0.29) is 12.3 Å². The zero-order valence-corrected chi connectivity index (χ0v) is 10.1. The van der Waals surface area contributed by atoms with Crippen molar-refractivity contribution < 1.29 is 0 Å². The van der Waals surface area contributed by atoms with Crippen LogP contribution in [0.4, 0.5) is 0 Å². The van der Waals surface area contributed by atoms with Gasteiger partial charge in [0.1, 0.15) is 0 Å². The van der Waals surface area contributed by atoms with E-state index < -0.39 is 0 Å². The smallest absolute Gasteiger partial charge is 0.0234 e. The van der Waals surface area contributed by atoms with Gasteiger partial charge < -0.3 is 12.3 Å². The molecule has 0 radical (unpaired) electrons. The number of hydrogen-bond donors (Lipinski definition) is 2. The highest BCUT2D eigenvalue weighted by Crippen LogP contribution is 2.30. The molecule has 0 aromatic heterocycles. The van der Waals surface area contributed by atoms with Crippen LogP contribution in [0.2, 0.25) is 0 Å². The van der Waals surface area contributed by atoms with E-state index in [2.05, 4.69) is 37.6 Å². The fourth-order valence-electron chi connectivity index (χ4n) is 1.05. The summed E-state index contributed by atoms with van der Waals surface area (Å²) in [6, 6.07) is 6.44. The maximum Gasteiger partial charge on any atom is 0.0234 e. The second kappa shape index (κ2) is 7.26. The van der Waals surface area contributed by atoms with Crippen LogP contribution in [0.5, 0.6) is 0 Å². The highest BCUT2D eigenvalue weighted by Gasteiger charge is 2.01. The number of rotatable bonds is 2. The lowest BCUT2D eigenvalue weighted by Gasteiger charge is -2.06. The van der Waals surface area contributed by atoms with Crippen molar-refractivity contribution in [2.24, 2.45) is 0 Å². The SMILES string of the molecule is CSc1cccc(C)c1SC.N.N. The summed E-state index contributed by atoms with van der Waals surface area (Å²) >= 11 is 3.64. The van der Waals surface area contributed by atoms with Gasteiger partial charge in [0.15, 0.2) is 0 Å². The van der Waals surface area contributed by atoms with Crippen LogP contribution in [0.25, 0.3) is 0 Å². The van der Waals surface area contributed by atoms with Crippen LogP contribution in [0, 0.1) is 6.92 Å². The first kappa shape index (κ1) is 15.3. The summed E-state index contributed by atoms with van der Waals surface area (Å²) in [4.78, 5) is 2.80. The molecule has 0 heterocycles. The van der Waals surface area contributed by atoms with Crippen molar-refractivity contribution in [1.82, 2.24) is 12.3 Å². The standard InChI is InChI=1S/C9H12S2.2H3N/c1-7-5-4-6-8(10-2)9(7)11-3;;/h4-6H,1-3H3;2*1H3. The molecule has 13 heavy (non-hydrogen) atoms. The molecule has 1 aromatic rings. The summed E-state index contributed by atoms with van der Waals surface area (Å²) in [5.74, 6) is 0. The van der Waals surface area contributed by atoms with Crippen LogP contribution in [0.3, 0.4) is 0 Å². The van der Waals surface area contributed by atoms with Gasteiger partial charge >= 0.3 is 0 Å². The Kier molecular flexibility index (Phi) is 8.56. The topological polar surface area (TPSA) is 70.0 Å². The Morgan fingerprint density at radius 2 is 1.62 bits per heavy atom. The first-order valence-electron chi connectivity index (χ1n) is 3.47. The zero-order valence-electron chi connectivity index (χ0n) is 8.46. The lowest BCUT2D eigenvalue weighted by atomic mass is 10.2. The number of aryl methyl sites for hydroxylation is 1. The summed E-state index contributed by atoms with van der Waals surface area (Å²) < 4.78 is 0. The predicted molar refractivity (Wildman–Crippen MR) is 64.8 cm³/mol. The summed E-state index contributed by atoms with van der Waals surface area (Å²) in [6.45, 7) is 2.16. The molecule has 1 aromatic carbocycles. The fourth-order valence-corrected chi connectivity index (χ4v) is 2.77. The monoisotopic (exact) mass is 218 g/mol. The summed E-state index contributed by atoms with van der Waals surface area (Å²) in [5, 5.41) is 0. The van der Waals surface area contributed by atoms with Crippen molar-refractivity contribution in [3.63, 3.8) is 0 Å². The predicted octanol–water partition coefficient (Wildman–Crippen LogP) is 3.76. The van der Waals surface area contributed by atoms with Crippen LogP contribution >= 0.6 is 23.5 Å². The summed E-state index contributed by atoms with van der Waals surface area (Å²) in [6.07, 6.45) is 4.25. The van der Waals surface area contributed by atoms with Gasteiger partial charge in [-0.2, -0.15) is 0 Å². The normalized spacial score (nSPS) is 8.54. The largest absolute Gasteiger partial charge is 0.344 e. The Hall–Kier alpha value is -0.160. The molecule has 1 rings (SSSR count). The minimum Gasteiger partial charge on any atom is -0.344 e. The van der Waals surface area contributed by atoms with E-state index in [4.69, 9.17) is 0 Å². The number of thioether (sulfide) groups is 2. The van der Waals surface area contributed by atoms with Crippen molar-refractivity contribution in [2.75, 3.05) is 12.5 Å². The average molecular weight is 218 g/mol. The van der Waals surface area contributed by atoms with Gasteiger partial charge in [0.25, 0.3) is 0 Å². The minimum absolute atomic E-state index is 0. The van der Waals surface area contributed by atoms with Crippen LogP contribution < -0.4 is 12.3 Å². The second-order valence-electron chi connectivity index (χ2n) is 2.31. The molecule has 0 spiro atoms. The second-order valence-corrected chi connectivity index (χ2v) is 3.97. The van der Waals surface area contributed by atoms with Crippen molar-refractivity contribution in [3.05, 3.63) is 23.8 Å². The molecular formula is C9H18N2S2. The molecule has 0 aliphatic heterocycles. The van der Waals surface area contributed by atoms with Crippen molar-refractivity contribution >= 4 is 23.5 Å². The minimum atomic E-state index is 0. The van der Waals surface area contributed by atoms with Gasteiger partial charge in [-0.25, -0.2) is 0 Å². The molecule has 6 N–H and O–H groups in total. The first-order valence-corrected chi connectivity index (χ1v) is 5.92. The van der Waals surface area contributed by atoms with E-state index in [0.29, 0.717) is 0 Å². The van der Waals surface area contributed by atoms with E-state index >= 15 is 0 Å². The molecule has 4 heteroatoms. The van der Waals surface area contributed by atoms with Gasteiger partial charge in [0, 0.05) is 9.79 Å². The summed E-state index contributed by atoms with van der Waals surface area (Å²) in [7, 11) is 0. The lowest BCUT2D eigenvalue weighted by molar-refractivity contribution is 1.17. The van der Waals surface area contributed by atoms with E-state index in [0.717, 1.165) is 0 Å². The van der Waals surface area contributed by atoms with Gasteiger partial charge in [-0.3, -0.25) is 0 Å². The van der Waals surface area contributed by atoms with Crippen LogP contribution in [-0.4, -0.2) is 12.5 Å². The molecule has 76 valence electrons. The van der Waals surface area contributed by atoms with E-state index in [1.54, 1.807) is 0 Å². The highest BCUT2D eigenvalue weighted by molar-refractivity contribution is 8.01. The molecule has 0 fully saturated rings. The molecule has 0 saturated carbocycles. The average Bonchev–Trinajstić information content (AvgIpc) is 2.04. The Bertz CT molecular complexity index is 251. The molecule has 0 unspecified atom stereocenters. The quantitative estimate of drug-likeness (QED) is 0.741. The maximum absolute atomic E-state index is 2.17. The third-order valence-corrected chi connectivity index (χ3v) is 3.46. The molecule has 0 atom stereocenters. The third kappa shape index (κ3) is 3.60. The molecule has 2 nitrogen and oxygen atoms in total. The molecule has 0 amide bonds. The molecule has 0 bridgehead atoms. The number of hydrogen-bond acceptors (Lipinski definition) is 4. The Labute approximate surface area is 89.0 Å². The van der Waals surface area contributed by atoms with Crippen LogP contribution in [0.1, 0.15) is 5.56 Å². The van der Waals surface area contributed by atoms with Crippen LogP contribution in [-0.2, 0) is 0 Å². The third-order valence-electron chi connectivity index (χ3n) is 1.60. The van der Waals surface area contributed by atoms with Gasteiger partial charge in [-0.1, -0.05) is 12.1 Å². The van der Waals surface area contributed by atoms with Gasteiger partial charge in [-0.15, -0.1) is 23.5 Å². The zero-order chi connectivity index (χ0) is 8.27. The lowest BCUT2D eigenvalue weighted by Crippen LogP contribution is -1.81. The van der Waals surface area contributed by atoms with E-state index in [1.807, 2.05) is 23.5 Å². The fraction of sp³-hybridized carbons (Fsp3) is 0.333. The van der Waals surface area contributed by atoms with E-state index in [9.17, 15) is 0 Å². The van der Waals surface area contributed by atoms with Crippen LogP contribution in [0.15, 0.2) is 28.0 Å². The van der Waals surface area contributed by atoms with Crippen molar-refractivity contribution in [2.45, 2.75) is 16.7 Å². The maximum atomic E-state index is 2.17. The Morgan fingerprint density at radius 3 is 2.00 bits per heavy atom. The number of benzene rings is 1. The molecule has 0 saturated heterocycles. The van der Waals surface area contributed by atoms with Gasteiger partial charge in [0.2, 0.25) is 0 Å². The Balaban J connectivity index is 0. The first-order chi connectivity index (χ1) is 5.29. The van der Waals surface area contributed by atoms with Gasteiger partial charge in [-0.05, 0) is 31.1 Å². The van der Waals surface area contributed by atoms with E-state index in [1.165, 1.54) is 15.4 Å². The van der Waals surface area contributed by atoms with Gasteiger partial charge in [0.05, 0.1) is 0 Å². The molecule has 0 aliphatic carbocycles. The Morgan fingerprint density at radius 1 is 1.00 bits per heavy atom. The van der Waals surface area contributed by atoms with Crippen molar-refractivity contribution in [3.8, 4) is 0 Å². The highest BCUT2D eigenvalue weighted by atomic mass is 32.2.